The van der Waals surface area contributed by atoms with Crippen LogP contribution in [0.25, 0.3) is 16.7 Å². The number of aromatic nitrogens is 7. The number of hydrogen-bond donors (Lipinski definition) is 0. The number of anilines is 1. The van der Waals surface area contributed by atoms with Crippen LogP contribution in [-0.4, -0.2) is 47.6 Å². The van der Waals surface area contributed by atoms with Gasteiger partial charge in [-0.05, 0) is 37.0 Å². The highest BCUT2D eigenvalue weighted by molar-refractivity contribution is 5.88. The molecule has 1 aliphatic heterocycles. The largest absolute Gasteiger partial charge is 0.356 e. The van der Waals surface area contributed by atoms with Crippen molar-refractivity contribution >= 4 is 16.7 Å². The van der Waals surface area contributed by atoms with E-state index in [0.717, 1.165) is 42.7 Å². The molecule has 0 aliphatic carbocycles. The Labute approximate surface area is 166 Å². The van der Waals surface area contributed by atoms with E-state index in [1.165, 1.54) is 0 Å². The van der Waals surface area contributed by atoms with Crippen LogP contribution in [-0.2, 0) is 6.54 Å². The molecule has 0 amide bonds. The number of hydrogen-bond acceptors (Lipinski definition) is 7. The molecule has 4 aromatic heterocycles. The fourth-order valence-electron chi connectivity index (χ4n) is 3.81. The molecular formula is C20H20N8O. The second kappa shape index (κ2) is 7.42. The predicted octanol–water partition coefficient (Wildman–Crippen LogP) is 1.68. The van der Waals surface area contributed by atoms with Crippen LogP contribution in [0, 0.1) is 5.92 Å². The first kappa shape index (κ1) is 17.5. The van der Waals surface area contributed by atoms with Crippen molar-refractivity contribution in [2.75, 3.05) is 18.0 Å². The molecule has 1 saturated heterocycles. The van der Waals surface area contributed by atoms with Crippen molar-refractivity contribution in [2.45, 2.75) is 19.4 Å². The lowest BCUT2D eigenvalue weighted by Crippen LogP contribution is -2.37. The van der Waals surface area contributed by atoms with Crippen LogP contribution < -0.4 is 10.5 Å². The topological polar surface area (TPSA) is 94.6 Å². The Hall–Kier alpha value is -3.62. The molecule has 0 N–H and O–H groups in total. The lowest BCUT2D eigenvalue weighted by Gasteiger charge is -2.33. The Balaban J connectivity index is 1.30. The first-order valence-corrected chi connectivity index (χ1v) is 9.66. The minimum Gasteiger partial charge on any atom is -0.356 e. The molecular weight excluding hydrogens is 368 g/mol. The Morgan fingerprint density at radius 1 is 1.07 bits per heavy atom. The monoisotopic (exact) mass is 388 g/mol. The van der Waals surface area contributed by atoms with Gasteiger partial charge in [0, 0.05) is 49.7 Å². The molecule has 9 nitrogen and oxygen atoms in total. The van der Waals surface area contributed by atoms with Crippen molar-refractivity contribution < 1.29 is 0 Å². The van der Waals surface area contributed by atoms with Gasteiger partial charge in [0.1, 0.15) is 12.1 Å². The highest BCUT2D eigenvalue weighted by atomic mass is 16.1. The van der Waals surface area contributed by atoms with Crippen molar-refractivity contribution in [1.82, 2.24) is 34.5 Å². The summed E-state index contributed by atoms with van der Waals surface area (Å²) in [5, 5.41) is 9.70. The van der Waals surface area contributed by atoms with Gasteiger partial charge in [0.2, 0.25) is 0 Å². The van der Waals surface area contributed by atoms with Gasteiger partial charge in [-0.25, -0.2) is 19.3 Å². The molecule has 0 unspecified atom stereocenters. The van der Waals surface area contributed by atoms with Crippen LogP contribution in [0.1, 0.15) is 12.8 Å². The van der Waals surface area contributed by atoms with Gasteiger partial charge in [-0.1, -0.05) is 0 Å². The first-order chi connectivity index (χ1) is 14.3. The summed E-state index contributed by atoms with van der Waals surface area (Å²) in [6.07, 6.45) is 10.6. The lowest BCUT2D eigenvalue weighted by molar-refractivity contribution is 0.334. The van der Waals surface area contributed by atoms with Gasteiger partial charge in [0.15, 0.2) is 5.82 Å². The normalized spacial score (nSPS) is 15.1. The molecule has 0 bridgehead atoms. The SMILES string of the molecule is O=c1ccc(-n2cccn2)nn1CC1CCN(c2ncnc3cnccc23)CC1. The van der Waals surface area contributed by atoms with E-state index in [2.05, 4.69) is 30.0 Å². The standard InChI is InChI=1S/C20H20N8O/c29-19-3-2-18(27-9-1-7-24-27)25-28(19)13-15-5-10-26(11-6-15)20-16-4-8-21-12-17(16)22-14-23-20/h1-4,7-9,12,14-15H,5-6,10-11,13H2. The highest BCUT2D eigenvalue weighted by Crippen LogP contribution is 2.27. The number of fused-ring (bicyclic) bond motifs is 1. The third-order valence-electron chi connectivity index (χ3n) is 5.35. The first-order valence-electron chi connectivity index (χ1n) is 9.66. The summed E-state index contributed by atoms with van der Waals surface area (Å²) in [6, 6.07) is 7.05. The number of rotatable bonds is 4. The Bertz CT molecular complexity index is 1170. The van der Waals surface area contributed by atoms with Gasteiger partial charge in [-0.15, -0.1) is 5.10 Å². The summed E-state index contributed by atoms with van der Waals surface area (Å²) in [6.45, 7) is 2.37. The minimum atomic E-state index is -0.0855. The number of piperidine rings is 1. The van der Waals surface area contributed by atoms with E-state index in [0.29, 0.717) is 18.3 Å². The van der Waals surface area contributed by atoms with Crippen molar-refractivity contribution in [3.63, 3.8) is 0 Å². The molecule has 0 spiro atoms. The Kier molecular flexibility index (Phi) is 4.47. The zero-order valence-electron chi connectivity index (χ0n) is 15.8. The van der Waals surface area contributed by atoms with Crippen LogP contribution in [0.5, 0.6) is 0 Å². The summed E-state index contributed by atoms with van der Waals surface area (Å²) < 4.78 is 3.22. The van der Waals surface area contributed by atoms with Crippen molar-refractivity contribution in [3.05, 3.63) is 65.7 Å². The second-order valence-electron chi connectivity index (χ2n) is 7.18. The number of nitrogens with zero attached hydrogens (tertiary/aromatic N) is 8. The van der Waals surface area contributed by atoms with E-state index >= 15 is 0 Å². The average molecular weight is 388 g/mol. The van der Waals surface area contributed by atoms with Crippen molar-refractivity contribution in [2.24, 2.45) is 5.92 Å². The molecule has 5 heterocycles. The molecule has 0 atom stereocenters. The predicted molar refractivity (Wildman–Crippen MR) is 108 cm³/mol. The molecule has 0 saturated carbocycles. The molecule has 9 heteroatoms. The zero-order chi connectivity index (χ0) is 19.6. The van der Waals surface area contributed by atoms with E-state index < -0.39 is 0 Å². The summed E-state index contributed by atoms with van der Waals surface area (Å²) in [7, 11) is 0. The summed E-state index contributed by atoms with van der Waals surface area (Å²) in [5.74, 6) is 1.99. The van der Waals surface area contributed by atoms with Crippen LogP contribution in [0.2, 0.25) is 0 Å². The molecule has 1 aliphatic rings. The van der Waals surface area contributed by atoms with E-state index in [1.807, 2.05) is 18.3 Å². The van der Waals surface area contributed by atoms with Gasteiger partial charge in [-0.3, -0.25) is 9.78 Å². The van der Waals surface area contributed by atoms with Crippen LogP contribution in [0.4, 0.5) is 5.82 Å². The van der Waals surface area contributed by atoms with E-state index in [4.69, 9.17) is 0 Å². The summed E-state index contributed by atoms with van der Waals surface area (Å²) in [5.41, 5.74) is 0.767. The van der Waals surface area contributed by atoms with Gasteiger partial charge < -0.3 is 4.90 Å². The fraction of sp³-hybridized carbons (Fsp3) is 0.300. The maximum atomic E-state index is 12.3. The summed E-state index contributed by atoms with van der Waals surface area (Å²) >= 11 is 0. The smallest absolute Gasteiger partial charge is 0.266 e. The second-order valence-corrected chi connectivity index (χ2v) is 7.18. The van der Waals surface area contributed by atoms with E-state index in [-0.39, 0.29) is 5.56 Å². The number of pyridine rings is 1. The van der Waals surface area contributed by atoms with Crippen LogP contribution in [0.15, 0.2) is 60.2 Å². The van der Waals surface area contributed by atoms with Gasteiger partial charge in [-0.2, -0.15) is 5.10 Å². The summed E-state index contributed by atoms with van der Waals surface area (Å²) in [4.78, 5) is 27.5. The van der Waals surface area contributed by atoms with Crippen LogP contribution in [0.3, 0.4) is 0 Å². The fourth-order valence-corrected chi connectivity index (χ4v) is 3.81. The molecule has 0 radical (unpaired) electrons. The lowest BCUT2D eigenvalue weighted by atomic mass is 9.96. The molecule has 146 valence electrons. The Morgan fingerprint density at radius 2 is 1.97 bits per heavy atom. The molecule has 0 aromatic carbocycles. The maximum absolute atomic E-state index is 12.3. The Morgan fingerprint density at radius 3 is 2.79 bits per heavy atom. The molecule has 29 heavy (non-hydrogen) atoms. The van der Waals surface area contributed by atoms with E-state index in [9.17, 15) is 4.79 Å². The van der Waals surface area contributed by atoms with Crippen molar-refractivity contribution in [1.29, 1.82) is 0 Å². The van der Waals surface area contributed by atoms with Gasteiger partial charge >= 0.3 is 0 Å². The quantitative estimate of drug-likeness (QED) is 0.525. The van der Waals surface area contributed by atoms with Gasteiger partial charge in [0.25, 0.3) is 5.56 Å². The molecule has 5 rings (SSSR count). The van der Waals surface area contributed by atoms with Gasteiger partial charge in [0.05, 0.1) is 11.7 Å². The average Bonchev–Trinajstić information content (AvgIpc) is 3.30. The minimum absolute atomic E-state index is 0.0855. The maximum Gasteiger partial charge on any atom is 0.266 e. The molecule has 4 aromatic rings. The molecule has 1 fully saturated rings. The van der Waals surface area contributed by atoms with Crippen LogP contribution >= 0.6 is 0 Å². The third-order valence-corrected chi connectivity index (χ3v) is 5.35. The van der Waals surface area contributed by atoms with Crippen molar-refractivity contribution in [3.8, 4) is 5.82 Å². The highest BCUT2D eigenvalue weighted by Gasteiger charge is 2.22. The third kappa shape index (κ3) is 3.46. The zero-order valence-corrected chi connectivity index (χ0v) is 15.8. The van der Waals surface area contributed by atoms with E-state index in [1.54, 1.807) is 46.4 Å².